The molecular weight excluding hydrogens is 121 g/mol. The summed E-state index contributed by atoms with van der Waals surface area (Å²) in [5, 5.41) is 2.38. The van der Waals surface area contributed by atoms with Gasteiger partial charge in [-0.3, -0.25) is 9.18 Å². The van der Waals surface area contributed by atoms with Crippen molar-refractivity contribution in [2.24, 2.45) is 0 Å². The molecule has 0 saturated carbocycles. The second-order valence-electron chi connectivity index (χ2n) is 1.78. The standard InChI is InChI=1S/C6H11FNO/c7-4-2-1-3-5-8-6-9/h1-5H2,(H,8,9). The maximum absolute atomic E-state index is 11.4. The molecule has 0 aromatic heterocycles. The topological polar surface area (TPSA) is 29.1 Å². The molecular formula is C6H11FNO. The number of unbranched alkanes of at least 4 members (excludes halogenated alkanes) is 2. The quantitative estimate of drug-likeness (QED) is 0.420. The van der Waals surface area contributed by atoms with Crippen molar-refractivity contribution in [3.05, 3.63) is 0 Å². The van der Waals surface area contributed by atoms with Crippen molar-refractivity contribution in [1.29, 1.82) is 0 Å². The van der Waals surface area contributed by atoms with Gasteiger partial charge in [0.1, 0.15) is 0 Å². The maximum atomic E-state index is 11.4. The predicted molar refractivity (Wildman–Crippen MR) is 33.5 cm³/mol. The molecule has 1 N–H and O–H groups in total. The van der Waals surface area contributed by atoms with Crippen LogP contribution < -0.4 is 5.32 Å². The molecule has 0 aliphatic carbocycles. The molecule has 0 bridgehead atoms. The molecule has 0 saturated heterocycles. The second-order valence-corrected chi connectivity index (χ2v) is 1.78. The Morgan fingerprint density at radius 3 is 2.67 bits per heavy atom. The van der Waals surface area contributed by atoms with Crippen LogP contribution in [-0.2, 0) is 4.79 Å². The van der Waals surface area contributed by atoms with E-state index in [-0.39, 0.29) is 6.67 Å². The molecule has 0 aromatic rings. The largest absolute Gasteiger partial charge is 0.348 e. The number of rotatable bonds is 6. The van der Waals surface area contributed by atoms with E-state index < -0.39 is 0 Å². The van der Waals surface area contributed by atoms with Crippen LogP contribution in [0.3, 0.4) is 0 Å². The normalized spacial score (nSPS) is 9.00. The Kier molecular flexibility index (Phi) is 6.91. The van der Waals surface area contributed by atoms with Crippen molar-refractivity contribution >= 4 is 6.41 Å². The third kappa shape index (κ3) is 7.40. The SMILES string of the molecule is O=[C]NCCCCCF. The smallest absolute Gasteiger partial charge is 0.309 e. The van der Waals surface area contributed by atoms with E-state index in [1.54, 1.807) is 6.41 Å². The van der Waals surface area contributed by atoms with Crippen LogP contribution in [0.2, 0.25) is 0 Å². The third-order valence-electron chi connectivity index (χ3n) is 1.01. The molecule has 0 atom stereocenters. The van der Waals surface area contributed by atoms with Gasteiger partial charge >= 0.3 is 6.41 Å². The van der Waals surface area contributed by atoms with Gasteiger partial charge in [-0.05, 0) is 19.3 Å². The van der Waals surface area contributed by atoms with Gasteiger partial charge in [0.25, 0.3) is 0 Å². The van der Waals surface area contributed by atoms with E-state index in [9.17, 15) is 9.18 Å². The summed E-state index contributed by atoms with van der Waals surface area (Å²) in [6, 6.07) is 0. The van der Waals surface area contributed by atoms with E-state index in [0.717, 1.165) is 12.8 Å². The van der Waals surface area contributed by atoms with Crippen molar-refractivity contribution in [3.8, 4) is 0 Å². The number of hydrogen-bond acceptors (Lipinski definition) is 1. The number of carbonyl (C=O) groups excluding carboxylic acids is 1. The van der Waals surface area contributed by atoms with Crippen molar-refractivity contribution in [3.63, 3.8) is 0 Å². The van der Waals surface area contributed by atoms with Gasteiger partial charge in [-0.25, -0.2) is 0 Å². The predicted octanol–water partition coefficient (Wildman–Crippen LogP) is 0.783. The number of nitrogens with one attached hydrogen (secondary N) is 1. The van der Waals surface area contributed by atoms with Gasteiger partial charge < -0.3 is 5.32 Å². The molecule has 3 heteroatoms. The Labute approximate surface area is 54.4 Å². The molecule has 0 unspecified atom stereocenters. The molecule has 2 nitrogen and oxygen atoms in total. The van der Waals surface area contributed by atoms with Crippen LogP contribution in [0.1, 0.15) is 19.3 Å². The van der Waals surface area contributed by atoms with Crippen LogP contribution in [0.25, 0.3) is 0 Å². The van der Waals surface area contributed by atoms with Gasteiger partial charge in [0.15, 0.2) is 0 Å². The maximum Gasteiger partial charge on any atom is 0.309 e. The average molecular weight is 132 g/mol. The molecule has 0 aliphatic heterocycles. The summed E-state index contributed by atoms with van der Waals surface area (Å²) in [7, 11) is 0. The summed E-state index contributed by atoms with van der Waals surface area (Å²) in [5.74, 6) is 0. The monoisotopic (exact) mass is 132 g/mol. The lowest BCUT2D eigenvalue weighted by Crippen LogP contribution is -2.11. The average Bonchev–Trinajstić information content (AvgIpc) is 1.89. The van der Waals surface area contributed by atoms with Gasteiger partial charge in [0.05, 0.1) is 6.67 Å². The van der Waals surface area contributed by atoms with E-state index >= 15 is 0 Å². The lowest BCUT2D eigenvalue weighted by Gasteiger charge is -1.94. The van der Waals surface area contributed by atoms with Crippen molar-refractivity contribution in [1.82, 2.24) is 5.32 Å². The fourth-order valence-corrected chi connectivity index (χ4v) is 0.536. The molecule has 53 valence electrons. The fraction of sp³-hybridized carbons (Fsp3) is 0.833. The van der Waals surface area contributed by atoms with Gasteiger partial charge in [-0.15, -0.1) is 0 Å². The summed E-state index contributed by atoms with van der Waals surface area (Å²) < 4.78 is 11.4. The molecule has 0 rings (SSSR count). The van der Waals surface area contributed by atoms with E-state index in [1.807, 2.05) is 0 Å². The molecule has 0 heterocycles. The van der Waals surface area contributed by atoms with Crippen LogP contribution in [0, 0.1) is 0 Å². The molecule has 1 amide bonds. The second kappa shape index (κ2) is 7.40. The third-order valence-corrected chi connectivity index (χ3v) is 1.01. The Morgan fingerprint density at radius 2 is 2.11 bits per heavy atom. The first-order chi connectivity index (χ1) is 4.41. The minimum atomic E-state index is -0.259. The Hall–Kier alpha value is -0.600. The van der Waals surface area contributed by atoms with Crippen molar-refractivity contribution < 1.29 is 9.18 Å². The summed E-state index contributed by atoms with van der Waals surface area (Å²) in [6.07, 6.45) is 3.83. The fourth-order valence-electron chi connectivity index (χ4n) is 0.536. The number of hydrogen-bond donors (Lipinski definition) is 1. The van der Waals surface area contributed by atoms with Gasteiger partial charge in [0, 0.05) is 6.54 Å². The van der Waals surface area contributed by atoms with E-state index in [0.29, 0.717) is 13.0 Å². The van der Waals surface area contributed by atoms with Crippen LogP contribution in [0.4, 0.5) is 4.39 Å². The Morgan fingerprint density at radius 1 is 1.33 bits per heavy atom. The first-order valence-electron chi connectivity index (χ1n) is 3.07. The summed E-state index contributed by atoms with van der Waals surface area (Å²) in [5.41, 5.74) is 0. The molecule has 0 fully saturated rings. The van der Waals surface area contributed by atoms with E-state index in [2.05, 4.69) is 5.32 Å². The van der Waals surface area contributed by atoms with Gasteiger partial charge in [0.2, 0.25) is 0 Å². The van der Waals surface area contributed by atoms with Crippen LogP contribution >= 0.6 is 0 Å². The lowest BCUT2D eigenvalue weighted by molar-refractivity contribution is 0.455. The summed E-state index contributed by atoms with van der Waals surface area (Å²) >= 11 is 0. The van der Waals surface area contributed by atoms with Crippen LogP contribution in [-0.4, -0.2) is 19.6 Å². The van der Waals surface area contributed by atoms with Crippen LogP contribution in [0.15, 0.2) is 0 Å². The highest BCUT2D eigenvalue weighted by atomic mass is 19.1. The Balaban J connectivity index is 2.66. The number of halogens is 1. The highest BCUT2D eigenvalue weighted by Gasteiger charge is 1.86. The molecule has 9 heavy (non-hydrogen) atoms. The van der Waals surface area contributed by atoms with Gasteiger partial charge in [-0.2, -0.15) is 0 Å². The van der Waals surface area contributed by atoms with E-state index in [4.69, 9.17) is 0 Å². The Bertz CT molecular complexity index is 68.1. The molecule has 1 radical (unpaired) electrons. The summed E-state index contributed by atoms with van der Waals surface area (Å²) in [6.45, 7) is 0.355. The van der Waals surface area contributed by atoms with Crippen molar-refractivity contribution in [2.75, 3.05) is 13.2 Å². The minimum Gasteiger partial charge on any atom is -0.348 e. The van der Waals surface area contributed by atoms with Crippen LogP contribution in [0.5, 0.6) is 0 Å². The first-order valence-corrected chi connectivity index (χ1v) is 3.07. The molecule has 0 aliphatic rings. The minimum absolute atomic E-state index is 0.259. The molecule has 0 spiro atoms. The first kappa shape index (κ1) is 8.40. The molecule has 0 aromatic carbocycles. The highest BCUT2D eigenvalue weighted by molar-refractivity contribution is 5.46. The zero-order valence-corrected chi connectivity index (χ0v) is 5.32. The zero-order valence-electron chi connectivity index (χ0n) is 5.32. The summed E-state index contributed by atoms with van der Waals surface area (Å²) in [4.78, 5) is 9.53. The number of alkyl halides is 1. The number of amides is 1. The highest BCUT2D eigenvalue weighted by Crippen LogP contribution is 1.92. The lowest BCUT2D eigenvalue weighted by atomic mass is 10.2. The van der Waals surface area contributed by atoms with Gasteiger partial charge in [-0.1, -0.05) is 0 Å². The zero-order chi connectivity index (χ0) is 6.95. The van der Waals surface area contributed by atoms with Crippen molar-refractivity contribution in [2.45, 2.75) is 19.3 Å². The van der Waals surface area contributed by atoms with E-state index in [1.165, 1.54) is 0 Å².